The molecule has 0 aliphatic carbocycles. The van der Waals surface area contributed by atoms with Crippen molar-refractivity contribution < 1.29 is 23.9 Å². The van der Waals surface area contributed by atoms with Crippen LogP contribution >= 0.6 is 0 Å². The molecule has 0 unspecified atom stereocenters. The van der Waals surface area contributed by atoms with Crippen molar-refractivity contribution in [3.05, 3.63) is 0 Å². The van der Waals surface area contributed by atoms with Gasteiger partial charge in [0.1, 0.15) is 23.2 Å². The molecule has 2 rings (SSSR count). The summed E-state index contributed by atoms with van der Waals surface area (Å²) in [7, 11) is 1.56. The summed E-state index contributed by atoms with van der Waals surface area (Å²) in [6.07, 6.45) is 1.94. The summed E-state index contributed by atoms with van der Waals surface area (Å²) < 4.78 is 5.25. The zero-order chi connectivity index (χ0) is 22.0. The third kappa shape index (κ3) is 5.39. The Kier molecular flexibility index (Phi) is 6.80. The van der Waals surface area contributed by atoms with E-state index in [9.17, 15) is 19.2 Å². The van der Waals surface area contributed by atoms with Crippen molar-refractivity contribution in [1.29, 1.82) is 0 Å². The summed E-state index contributed by atoms with van der Waals surface area (Å²) in [5.74, 6) is -0.719. The standard InChI is InChI=1S/C20H34N4O5/c1-19(2,3)29-18(28)22-20(4,5)17(27)24-12-8-10-14(24)16(26)23-11-7-9-13(23)15(25)21-6/h13-14H,7-12H2,1-6H3,(H,21,25)(H,22,28)/t13-,14-/m0/s1. The Morgan fingerprint density at radius 1 is 0.897 bits per heavy atom. The van der Waals surface area contributed by atoms with Gasteiger partial charge in [-0.3, -0.25) is 14.4 Å². The molecule has 2 saturated heterocycles. The van der Waals surface area contributed by atoms with Crippen LogP contribution in [0.15, 0.2) is 0 Å². The van der Waals surface area contributed by atoms with Crippen molar-refractivity contribution in [1.82, 2.24) is 20.4 Å². The quantitative estimate of drug-likeness (QED) is 0.719. The predicted octanol–water partition coefficient (Wildman–Crippen LogP) is 1.02. The fraction of sp³-hybridized carbons (Fsp3) is 0.800. The van der Waals surface area contributed by atoms with Crippen molar-refractivity contribution in [2.24, 2.45) is 0 Å². The molecule has 0 aromatic carbocycles. The average molecular weight is 411 g/mol. The smallest absolute Gasteiger partial charge is 0.408 e. The molecule has 9 nitrogen and oxygen atoms in total. The van der Waals surface area contributed by atoms with Crippen LogP contribution < -0.4 is 10.6 Å². The van der Waals surface area contributed by atoms with Gasteiger partial charge in [-0.05, 0) is 60.3 Å². The fourth-order valence-electron chi connectivity index (χ4n) is 3.90. The number of nitrogens with zero attached hydrogens (tertiary/aromatic N) is 2. The molecule has 2 heterocycles. The van der Waals surface area contributed by atoms with Crippen LogP contribution in [0.4, 0.5) is 4.79 Å². The first-order valence-electron chi connectivity index (χ1n) is 10.2. The highest BCUT2D eigenvalue weighted by Gasteiger charge is 2.45. The zero-order valence-corrected chi connectivity index (χ0v) is 18.3. The number of likely N-dealkylation sites (N-methyl/N-ethyl adjacent to an activating group) is 1. The van der Waals surface area contributed by atoms with Crippen molar-refractivity contribution in [2.75, 3.05) is 20.1 Å². The first kappa shape index (κ1) is 23.0. The third-order valence-corrected chi connectivity index (χ3v) is 5.23. The van der Waals surface area contributed by atoms with Gasteiger partial charge in [-0.15, -0.1) is 0 Å². The maximum atomic E-state index is 13.2. The molecule has 29 heavy (non-hydrogen) atoms. The normalized spacial score (nSPS) is 22.4. The molecule has 0 bridgehead atoms. The largest absolute Gasteiger partial charge is 0.444 e. The number of carbonyl (C=O) groups excluding carboxylic acids is 4. The number of likely N-dealkylation sites (tertiary alicyclic amines) is 2. The van der Waals surface area contributed by atoms with E-state index in [1.165, 1.54) is 4.90 Å². The van der Waals surface area contributed by atoms with Crippen molar-refractivity contribution in [3.63, 3.8) is 0 Å². The molecule has 0 aromatic heterocycles. The molecule has 0 spiro atoms. The number of alkyl carbamates (subject to hydrolysis) is 1. The lowest BCUT2D eigenvalue weighted by molar-refractivity contribution is -0.148. The lowest BCUT2D eigenvalue weighted by Crippen LogP contribution is -2.60. The minimum Gasteiger partial charge on any atom is -0.444 e. The highest BCUT2D eigenvalue weighted by Crippen LogP contribution is 2.27. The molecule has 2 N–H and O–H groups in total. The summed E-state index contributed by atoms with van der Waals surface area (Å²) in [4.78, 5) is 53.7. The molecule has 9 heteroatoms. The van der Waals surface area contributed by atoms with Gasteiger partial charge in [0.05, 0.1) is 0 Å². The summed E-state index contributed by atoms with van der Waals surface area (Å²) in [6.45, 7) is 9.38. The number of nitrogens with one attached hydrogen (secondary N) is 2. The highest BCUT2D eigenvalue weighted by molar-refractivity contribution is 5.96. The second-order valence-electron chi connectivity index (χ2n) is 9.21. The summed E-state index contributed by atoms with van der Waals surface area (Å²) >= 11 is 0. The number of rotatable bonds is 4. The van der Waals surface area contributed by atoms with Gasteiger partial charge in [-0.1, -0.05) is 0 Å². The van der Waals surface area contributed by atoms with Crippen LogP contribution in [0.5, 0.6) is 0 Å². The Morgan fingerprint density at radius 3 is 2.00 bits per heavy atom. The number of amides is 4. The van der Waals surface area contributed by atoms with Crippen molar-refractivity contribution >= 4 is 23.8 Å². The first-order valence-corrected chi connectivity index (χ1v) is 10.2. The number of hydrogen-bond acceptors (Lipinski definition) is 5. The molecule has 0 radical (unpaired) electrons. The Morgan fingerprint density at radius 2 is 1.45 bits per heavy atom. The monoisotopic (exact) mass is 410 g/mol. The van der Waals surface area contributed by atoms with Gasteiger partial charge in [0.15, 0.2) is 0 Å². The number of carbonyl (C=O) groups is 4. The molecule has 2 atom stereocenters. The SMILES string of the molecule is CNC(=O)[C@@H]1CCCN1C(=O)[C@@H]1CCCN1C(=O)C(C)(C)NC(=O)OC(C)(C)C. The van der Waals surface area contributed by atoms with Crippen molar-refractivity contribution in [2.45, 2.75) is 83.5 Å². The van der Waals surface area contributed by atoms with E-state index in [4.69, 9.17) is 4.74 Å². The topological polar surface area (TPSA) is 108 Å². The molecular weight excluding hydrogens is 376 g/mol. The summed E-state index contributed by atoms with van der Waals surface area (Å²) in [6, 6.07) is -1.11. The zero-order valence-electron chi connectivity index (χ0n) is 18.3. The maximum Gasteiger partial charge on any atom is 0.408 e. The van der Waals surface area contributed by atoms with Gasteiger partial charge in [0.2, 0.25) is 17.7 Å². The Hall–Kier alpha value is -2.32. The van der Waals surface area contributed by atoms with Crippen LogP contribution in [0.1, 0.15) is 60.3 Å². The third-order valence-electron chi connectivity index (χ3n) is 5.23. The molecule has 0 aromatic rings. The van der Waals surface area contributed by atoms with E-state index in [0.29, 0.717) is 32.4 Å². The Bertz CT molecular complexity index is 670. The predicted molar refractivity (Wildman–Crippen MR) is 107 cm³/mol. The number of hydrogen-bond donors (Lipinski definition) is 2. The first-order chi connectivity index (χ1) is 13.4. The van der Waals surface area contributed by atoms with Crippen LogP contribution in [0, 0.1) is 0 Å². The molecule has 2 fully saturated rings. The van der Waals surface area contributed by atoms with Gasteiger partial charge < -0.3 is 25.2 Å². The van der Waals surface area contributed by atoms with Crippen LogP contribution in [0.3, 0.4) is 0 Å². The molecule has 0 saturated carbocycles. The molecular formula is C20H34N4O5. The van der Waals surface area contributed by atoms with E-state index >= 15 is 0 Å². The Balaban J connectivity index is 2.10. The molecule has 164 valence electrons. The molecule has 2 aliphatic rings. The molecule has 4 amide bonds. The van der Waals surface area contributed by atoms with Crippen LogP contribution in [-0.2, 0) is 19.1 Å². The van der Waals surface area contributed by atoms with E-state index in [0.717, 1.165) is 6.42 Å². The molecule has 2 aliphatic heterocycles. The van der Waals surface area contributed by atoms with E-state index in [2.05, 4.69) is 10.6 Å². The highest BCUT2D eigenvalue weighted by atomic mass is 16.6. The lowest BCUT2D eigenvalue weighted by atomic mass is 10.0. The Labute approximate surface area is 172 Å². The maximum absolute atomic E-state index is 13.2. The van der Waals surface area contributed by atoms with E-state index in [-0.39, 0.29) is 17.7 Å². The summed E-state index contributed by atoms with van der Waals surface area (Å²) in [5, 5.41) is 5.22. The minimum atomic E-state index is -1.23. The summed E-state index contributed by atoms with van der Waals surface area (Å²) in [5.41, 5.74) is -1.91. The fourth-order valence-corrected chi connectivity index (χ4v) is 3.90. The van der Waals surface area contributed by atoms with E-state index < -0.39 is 29.3 Å². The van der Waals surface area contributed by atoms with E-state index in [1.54, 1.807) is 46.6 Å². The van der Waals surface area contributed by atoms with Gasteiger partial charge in [0, 0.05) is 20.1 Å². The van der Waals surface area contributed by atoms with Gasteiger partial charge in [-0.25, -0.2) is 4.79 Å². The van der Waals surface area contributed by atoms with Crippen LogP contribution in [-0.4, -0.2) is 77.0 Å². The van der Waals surface area contributed by atoms with Crippen LogP contribution in [0.25, 0.3) is 0 Å². The van der Waals surface area contributed by atoms with Gasteiger partial charge >= 0.3 is 6.09 Å². The average Bonchev–Trinajstić information content (AvgIpc) is 3.26. The number of ether oxygens (including phenoxy) is 1. The van der Waals surface area contributed by atoms with Gasteiger partial charge in [-0.2, -0.15) is 0 Å². The lowest BCUT2D eigenvalue weighted by Gasteiger charge is -2.35. The van der Waals surface area contributed by atoms with Crippen LogP contribution in [0.2, 0.25) is 0 Å². The van der Waals surface area contributed by atoms with Crippen molar-refractivity contribution in [3.8, 4) is 0 Å². The van der Waals surface area contributed by atoms with Gasteiger partial charge in [0.25, 0.3) is 0 Å². The van der Waals surface area contributed by atoms with E-state index in [1.807, 2.05) is 0 Å². The second kappa shape index (κ2) is 8.59. The second-order valence-corrected chi connectivity index (χ2v) is 9.21. The minimum absolute atomic E-state index is 0.182.